The van der Waals surface area contributed by atoms with Crippen molar-refractivity contribution < 1.29 is 22.4 Å². The molecule has 0 unspecified atom stereocenters. The molecular weight excluding hydrogens is 255 g/mol. The van der Waals surface area contributed by atoms with Crippen LogP contribution in [0.25, 0.3) is 0 Å². The van der Waals surface area contributed by atoms with Crippen molar-refractivity contribution in [2.24, 2.45) is 0 Å². The van der Waals surface area contributed by atoms with Crippen LogP contribution in [-0.4, -0.2) is 10.8 Å². The number of halogens is 3. The minimum Gasteiger partial charge on any atom is -0.461 e. The fourth-order valence-corrected chi connectivity index (χ4v) is 1.95. The van der Waals surface area contributed by atoms with Crippen molar-refractivity contribution >= 4 is 17.1 Å². The SMILES string of the molecule is Cc1ccoc1C(=O)c1cnc(C(F)(F)F)s1. The van der Waals surface area contributed by atoms with Gasteiger partial charge in [0.25, 0.3) is 0 Å². The summed E-state index contributed by atoms with van der Waals surface area (Å²) in [4.78, 5) is 14.9. The van der Waals surface area contributed by atoms with E-state index in [1.54, 1.807) is 13.0 Å². The van der Waals surface area contributed by atoms with Gasteiger partial charge in [-0.2, -0.15) is 13.2 Å². The first-order chi connectivity index (χ1) is 7.89. The van der Waals surface area contributed by atoms with Crippen LogP contribution in [0.4, 0.5) is 13.2 Å². The fraction of sp³-hybridized carbons (Fsp3) is 0.200. The minimum atomic E-state index is -4.53. The molecule has 0 radical (unpaired) electrons. The number of carbonyl (C=O) groups excluding carboxylic acids is 1. The molecule has 0 saturated carbocycles. The van der Waals surface area contributed by atoms with Gasteiger partial charge in [-0.3, -0.25) is 4.79 Å². The Bertz CT molecular complexity index is 556. The first kappa shape index (κ1) is 11.8. The average molecular weight is 261 g/mol. The Morgan fingerprint density at radius 2 is 2.18 bits per heavy atom. The van der Waals surface area contributed by atoms with Crippen LogP contribution in [0.15, 0.2) is 22.9 Å². The highest BCUT2D eigenvalue weighted by atomic mass is 32.1. The predicted octanol–water partition coefficient (Wildman–Crippen LogP) is 3.29. The number of hydrogen-bond acceptors (Lipinski definition) is 4. The Balaban J connectivity index is 2.33. The number of nitrogens with zero attached hydrogens (tertiary/aromatic N) is 1. The Labute approximate surface area is 97.9 Å². The third kappa shape index (κ3) is 2.23. The van der Waals surface area contributed by atoms with E-state index in [1.807, 2.05) is 0 Å². The highest BCUT2D eigenvalue weighted by molar-refractivity contribution is 7.13. The minimum absolute atomic E-state index is 0.0439. The molecule has 2 aromatic rings. The van der Waals surface area contributed by atoms with Crippen LogP contribution in [0.3, 0.4) is 0 Å². The molecule has 2 rings (SSSR count). The van der Waals surface area contributed by atoms with Gasteiger partial charge < -0.3 is 4.42 Å². The largest absolute Gasteiger partial charge is 0.461 e. The van der Waals surface area contributed by atoms with Crippen LogP contribution in [0.2, 0.25) is 0 Å². The number of alkyl halides is 3. The van der Waals surface area contributed by atoms with Crippen LogP contribution in [0.5, 0.6) is 0 Å². The molecule has 0 atom stereocenters. The number of ketones is 1. The molecule has 2 aromatic heterocycles. The topological polar surface area (TPSA) is 43.1 Å². The molecule has 2 heterocycles. The summed E-state index contributed by atoms with van der Waals surface area (Å²) >= 11 is 0.309. The van der Waals surface area contributed by atoms with Crippen LogP contribution in [-0.2, 0) is 6.18 Å². The maximum absolute atomic E-state index is 12.3. The number of rotatable bonds is 2. The Hall–Kier alpha value is -1.63. The van der Waals surface area contributed by atoms with Crippen molar-refractivity contribution in [3.63, 3.8) is 0 Å². The highest BCUT2D eigenvalue weighted by Gasteiger charge is 2.35. The molecule has 0 amide bonds. The highest BCUT2D eigenvalue weighted by Crippen LogP contribution is 2.33. The quantitative estimate of drug-likeness (QED) is 0.779. The van der Waals surface area contributed by atoms with E-state index in [4.69, 9.17) is 4.42 Å². The van der Waals surface area contributed by atoms with Crippen molar-refractivity contribution in [1.29, 1.82) is 0 Å². The lowest BCUT2D eigenvalue weighted by atomic mass is 10.2. The first-order valence-corrected chi connectivity index (χ1v) is 5.33. The fourth-order valence-electron chi connectivity index (χ4n) is 1.23. The van der Waals surface area contributed by atoms with E-state index in [9.17, 15) is 18.0 Å². The molecule has 17 heavy (non-hydrogen) atoms. The second kappa shape index (κ2) is 3.99. The zero-order valence-corrected chi connectivity index (χ0v) is 9.35. The van der Waals surface area contributed by atoms with E-state index >= 15 is 0 Å². The second-order valence-electron chi connectivity index (χ2n) is 3.29. The van der Waals surface area contributed by atoms with Gasteiger partial charge in [0.2, 0.25) is 5.78 Å². The number of thiazole rings is 1. The molecule has 0 aliphatic rings. The van der Waals surface area contributed by atoms with Gasteiger partial charge in [0.1, 0.15) is 0 Å². The number of aromatic nitrogens is 1. The second-order valence-corrected chi connectivity index (χ2v) is 4.32. The van der Waals surface area contributed by atoms with Gasteiger partial charge in [-0.15, -0.1) is 11.3 Å². The number of carbonyl (C=O) groups is 1. The number of aryl methyl sites for hydroxylation is 1. The molecule has 0 spiro atoms. The van der Waals surface area contributed by atoms with Crippen molar-refractivity contribution in [3.8, 4) is 0 Å². The molecule has 0 aliphatic carbocycles. The van der Waals surface area contributed by atoms with Crippen LogP contribution in [0, 0.1) is 6.92 Å². The van der Waals surface area contributed by atoms with Gasteiger partial charge in [-0.05, 0) is 18.6 Å². The number of furan rings is 1. The van der Waals surface area contributed by atoms with Gasteiger partial charge >= 0.3 is 6.18 Å². The molecule has 7 heteroatoms. The van der Waals surface area contributed by atoms with Gasteiger partial charge in [0, 0.05) is 6.20 Å². The zero-order valence-electron chi connectivity index (χ0n) is 8.54. The maximum Gasteiger partial charge on any atom is 0.443 e. The predicted molar refractivity (Wildman–Crippen MR) is 54.0 cm³/mol. The molecule has 0 aliphatic heterocycles. The van der Waals surface area contributed by atoms with E-state index in [2.05, 4.69) is 4.98 Å². The van der Waals surface area contributed by atoms with Crippen LogP contribution >= 0.6 is 11.3 Å². The summed E-state index contributed by atoms with van der Waals surface area (Å²) in [6.07, 6.45) is -2.30. The third-order valence-electron chi connectivity index (χ3n) is 2.04. The first-order valence-electron chi connectivity index (χ1n) is 4.51. The lowest BCUT2D eigenvalue weighted by molar-refractivity contribution is -0.137. The summed E-state index contributed by atoms with van der Waals surface area (Å²) in [7, 11) is 0. The summed E-state index contributed by atoms with van der Waals surface area (Å²) in [6, 6.07) is 1.57. The average Bonchev–Trinajstić information content (AvgIpc) is 2.83. The summed E-state index contributed by atoms with van der Waals surface area (Å²) in [6.45, 7) is 1.64. The zero-order chi connectivity index (χ0) is 12.6. The summed E-state index contributed by atoms with van der Waals surface area (Å²) in [5.41, 5.74) is 0.581. The molecule has 90 valence electrons. The third-order valence-corrected chi connectivity index (χ3v) is 3.08. The standard InChI is InChI=1S/C10H6F3NO2S/c1-5-2-3-16-8(5)7(15)6-4-14-9(17-6)10(11,12)13/h2-4H,1H3. The summed E-state index contributed by atoms with van der Waals surface area (Å²) in [5, 5.41) is -1.04. The molecule has 0 saturated heterocycles. The molecule has 3 nitrogen and oxygen atoms in total. The van der Waals surface area contributed by atoms with Crippen LogP contribution < -0.4 is 0 Å². The van der Waals surface area contributed by atoms with Crippen molar-refractivity contribution in [1.82, 2.24) is 4.98 Å². The van der Waals surface area contributed by atoms with Gasteiger partial charge in [0.15, 0.2) is 10.8 Å². The Morgan fingerprint density at radius 3 is 2.65 bits per heavy atom. The van der Waals surface area contributed by atoms with Gasteiger partial charge in [-0.1, -0.05) is 0 Å². The van der Waals surface area contributed by atoms with E-state index in [0.717, 1.165) is 6.20 Å². The van der Waals surface area contributed by atoms with Crippen LogP contribution in [0.1, 0.15) is 26.0 Å². The van der Waals surface area contributed by atoms with Gasteiger partial charge in [0.05, 0.1) is 11.1 Å². The smallest absolute Gasteiger partial charge is 0.443 e. The Morgan fingerprint density at radius 1 is 1.47 bits per heavy atom. The molecule has 0 bridgehead atoms. The monoisotopic (exact) mass is 261 g/mol. The molecule has 0 N–H and O–H groups in total. The van der Waals surface area contributed by atoms with Crippen molar-refractivity contribution in [3.05, 3.63) is 39.7 Å². The van der Waals surface area contributed by atoms with E-state index < -0.39 is 17.0 Å². The Kier molecular flexibility index (Phi) is 2.78. The molecule has 0 aromatic carbocycles. The summed E-state index contributed by atoms with van der Waals surface area (Å²) in [5.74, 6) is -0.539. The van der Waals surface area contributed by atoms with E-state index in [0.29, 0.717) is 16.9 Å². The maximum atomic E-state index is 12.3. The molecular formula is C10H6F3NO2S. The van der Waals surface area contributed by atoms with Gasteiger partial charge in [-0.25, -0.2) is 4.98 Å². The summed E-state index contributed by atoms with van der Waals surface area (Å²) < 4.78 is 41.8. The normalized spacial score (nSPS) is 11.8. The van der Waals surface area contributed by atoms with Crippen molar-refractivity contribution in [2.75, 3.05) is 0 Å². The molecule has 0 fully saturated rings. The lowest BCUT2D eigenvalue weighted by Crippen LogP contribution is -2.03. The lowest BCUT2D eigenvalue weighted by Gasteiger charge is -1.98. The van der Waals surface area contributed by atoms with Crippen molar-refractivity contribution in [2.45, 2.75) is 13.1 Å². The number of hydrogen-bond donors (Lipinski definition) is 0. The van der Waals surface area contributed by atoms with E-state index in [1.165, 1.54) is 6.26 Å². The van der Waals surface area contributed by atoms with E-state index in [-0.39, 0.29) is 10.6 Å².